The lowest BCUT2D eigenvalue weighted by Crippen LogP contribution is -2.88. The molecule has 1 aromatic rings. The predicted molar refractivity (Wildman–Crippen MR) is 64.3 cm³/mol. The van der Waals surface area contributed by atoms with Gasteiger partial charge in [0.05, 0.1) is 11.4 Å². The molecule has 1 aromatic carbocycles. The van der Waals surface area contributed by atoms with Crippen LogP contribution in [0.2, 0.25) is 0 Å². The van der Waals surface area contributed by atoms with Crippen molar-refractivity contribution in [2.24, 2.45) is 0 Å². The van der Waals surface area contributed by atoms with Crippen LogP contribution >= 0.6 is 0 Å². The van der Waals surface area contributed by atoms with Gasteiger partial charge in [0.15, 0.2) is 0 Å². The van der Waals surface area contributed by atoms with E-state index in [4.69, 9.17) is 4.84 Å². The lowest BCUT2D eigenvalue weighted by molar-refractivity contribution is -0.974. The van der Waals surface area contributed by atoms with Crippen LogP contribution in [-0.4, -0.2) is 37.7 Å². The molecule has 0 radical (unpaired) electrons. The van der Waals surface area contributed by atoms with Gasteiger partial charge < -0.3 is 4.55 Å². The van der Waals surface area contributed by atoms with Crippen LogP contribution in [0.25, 0.3) is 0 Å². The van der Waals surface area contributed by atoms with E-state index < -0.39 is 10.1 Å². The summed E-state index contributed by atoms with van der Waals surface area (Å²) in [5, 5.41) is 2.14. The van der Waals surface area contributed by atoms with Crippen LogP contribution < -0.4 is 5.59 Å². The maximum Gasteiger partial charge on any atom is 0.126 e. The number of aryl methyl sites for hydroxylation is 1. The Balaban J connectivity index is 0.000000199. The Morgan fingerprint density at radius 1 is 1.39 bits per heavy atom. The molecule has 0 spiro atoms. The van der Waals surface area contributed by atoms with Crippen molar-refractivity contribution < 1.29 is 23.4 Å². The molecule has 0 atom stereocenters. The smallest absolute Gasteiger partial charge is 0.126 e. The van der Waals surface area contributed by atoms with E-state index in [0.717, 1.165) is 25.3 Å². The molecule has 2 N–H and O–H groups in total. The SMILES string of the molecule is CCN1CCO[NH2+]1.Cc1ccc(S(=O)(=O)[O-])cc1. The average Bonchev–Trinajstić information content (AvgIpc) is 2.82. The van der Waals surface area contributed by atoms with Gasteiger partial charge in [0.25, 0.3) is 0 Å². The molecule has 0 bridgehead atoms. The van der Waals surface area contributed by atoms with E-state index in [0.29, 0.717) is 0 Å². The molecule has 0 unspecified atom stereocenters. The van der Waals surface area contributed by atoms with Crippen molar-refractivity contribution >= 4 is 10.1 Å². The normalized spacial score (nSPS) is 16.2. The maximum atomic E-state index is 10.4. The van der Waals surface area contributed by atoms with Crippen molar-refractivity contribution in [2.75, 3.05) is 19.7 Å². The molecule has 102 valence electrons. The molecule has 1 heterocycles. The van der Waals surface area contributed by atoms with Crippen LogP contribution in [0.15, 0.2) is 29.2 Å². The molecule has 18 heavy (non-hydrogen) atoms. The van der Waals surface area contributed by atoms with Gasteiger partial charge in [0.2, 0.25) is 0 Å². The number of hydrogen-bond donors (Lipinski definition) is 1. The van der Waals surface area contributed by atoms with Crippen molar-refractivity contribution in [1.29, 1.82) is 0 Å². The number of rotatable bonds is 2. The second-order valence-corrected chi connectivity index (χ2v) is 5.25. The van der Waals surface area contributed by atoms with Crippen LogP contribution in [0, 0.1) is 6.92 Å². The predicted octanol–water partition coefficient (Wildman–Crippen LogP) is -0.369. The van der Waals surface area contributed by atoms with Crippen LogP contribution in [0.5, 0.6) is 0 Å². The quantitative estimate of drug-likeness (QED) is 0.587. The van der Waals surface area contributed by atoms with E-state index >= 15 is 0 Å². The summed E-state index contributed by atoms with van der Waals surface area (Å²) in [5.74, 6) is 0. The van der Waals surface area contributed by atoms with Crippen LogP contribution in [0.4, 0.5) is 0 Å². The minimum absolute atomic E-state index is 0.178. The largest absolute Gasteiger partial charge is 0.744 e. The van der Waals surface area contributed by atoms with Gasteiger partial charge in [-0.3, -0.25) is 0 Å². The van der Waals surface area contributed by atoms with E-state index in [1.807, 2.05) is 6.92 Å². The van der Waals surface area contributed by atoms with Crippen molar-refractivity contribution in [2.45, 2.75) is 18.7 Å². The first-order valence-corrected chi connectivity index (χ1v) is 7.06. The molecule has 1 aliphatic rings. The number of likely N-dealkylation sites (N-methyl/N-ethyl adjacent to an activating group) is 1. The van der Waals surface area contributed by atoms with Gasteiger partial charge >= 0.3 is 0 Å². The zero-order valence-corrected chi connectivity index (χ0v) is 11.3. The van der Waals surface area contributed by atoms with Gasteiger partial charge in [-0.1, -0.05) is 17.7 Å². The Bertz CT molecular complexity index is 452. The summed E-state index contributed by atoms with van der Waals surface area (Å²) in [5.41, 5.74) is 2.72. The molecule has 0 amide bonds. The third kappa shape index (κ3) is 5.11. The summed E-state index contributed by atoms with van der Waals surface area (Å²) >= 11 is 0. The Morgan fingerprint density at radius 2 is 2.00 bits per heavy atom. The third-order valence-corrected chi connectivity index (χ3v) is 3.29. The first-order valence-electron chi connectivity index (χ1n) is 5.65. The molecule has 0 aliphatic carbocycles. The average molecular weight is 274 g/mol. The maximum absolute atomic E-state index is 10.4. The molecular weight excluding hydrogens is 256 g/mol. The van der Waals surface area contributed by atoms with Crippen molar-refractivity contribution in [3.8, 4) is 0 Å². The highest BCUT2D eigenvalue weighted by Gasteiger charge is 2.12. The van der Waals surface area contributed by atoms with Gasteiger partial charge in [0.1, 0.15) is 16.7 Å². The Kier molecular flexibility index (Phi) is 5.70. The number of nitrogens with zero attached hydrogens (tertiary/aromatic N) is 1. The van der Waals surface area contributed by atoms with Crippen LogP contribution in [0.1, 0.15) is 12.5 Å². The van der Waals surface area contributed by atoms with Gasteiger partial charge in [0, 0.05) is 6.54 Å². The van der Waals surface area contributed by atoms with Crippen LogP contribution in [0.3, 0.4) is 0 Å². The Morgan fingerprint density at radius 3 is 2.33 bits per heavy atom. The topological polar surface area (TPSA) is 86.3 Å². The van der Waals surface area contributed by atoms with E-state index in [-0.39, 0.29) is 4.90 Å². The van der Waals surface area contributed by atoms with Gasteiger partial charge in [-0.2, -0.15) is 4.84 Å². The molecule has 1 fully saturated rings. The number of quaternary nitrogens is 1. The molecule has 0 aromatic heterocycles. The third-order valence-electron chi connectivity index (χ3n) is 2.44. The molecule has 6 nitrogen and oxygen atoms in total. The molecule has 1 aliphatic heterocycles. The number of hydrogen-bond acceptors (Lipinski definition) is 5. The molecule has 0 saturated carbocycles. The fourth-order valence-corrected chi connectivity index (χ4v) is 1.79. The number of benzene rings is 1. The van der Waals surface area contributed by atoms with E-state index in [9.17, 15) is 13.0 Å². The van der Waals surface area contributed by atoms with Crippen LogP contribution in [-0.2, 0) is 15.0 Å². The summed E-state index contributed by atoms with van der Waals surface area (Å²) < 4.78 is 31.2. The zero-order chi connectivity index (χ0) is 13.6. The minimum Gasteiger partial charge on any atom is -0.744 e. The highest BCUT2D eigenvalue weighted by molar-refractivity contribution is 7.85. The van der Waals surface area contributed by atoms with Gasteiger partial charge in [-0.15, -0.1) is 10.6 Å². The zero-order valence-electron chi connectivity index (χ0n) is 10.5. The molecular formula is C11H18N2O4S. The van der Waals surface area contributed by atoms with Gasteiger partial charge in [-0.05, 0) is 26.0 Å². The minimum atomic E-state index is -4.27. The summed E-state index contributed by atoms with van der Waals surface area (Å²) in [6.07, 6.45) is 0. The highest BCUT2D eigenvalue weighted by atomic mass is 32.2. The van der Waals surface area contributed by atoms with Crippen molar-refractivity contribution in [3.63, 3.8) is 0 Å². The summed E-state index contributed by atoms with van der Waals surface area (Å²) in [7, 11) is -4.27. The fourth-order valence-electron chi connectivity index (χ4n) is 1.32. The first-order chi connectivity index (χ1) is 8.43. The second kappa shape index (κ2) is 6.81. The monoisotopic (exact) mass is 274 g/mol. The molecule has 7 heteroatoms. The van der Waals surface area contributed by atoms with Crippen molar-refractivity contribution in [3.05, 3.63) is 29.8 Å². The Hall–Kier alpha value is -0.990. The lowest BCUT2D eigenvalue weighted by atomic mass is 10.2. The van der Waals surface area contributed by atoms with E-state index in [2.05, 4.69) is 11.9 Å². The molecule has 2 rings (SSSR count). The number of nitrogens with two attached hydrogens (primary N) is 1. The van der Waals surface area contributed by atoms with Crippen molar-refractivity contribution in [1.82, 2.24) is 5.01 Å². The molecule has 1 saturated heterocycles. The highest BCUT2D eigenvalue weighted by Crippen LogP contribution is 2.08. The first kappa shape index (κ1) is 15.1. The van der Waals surface area contributed by atoms with E-state index in [1.165, 1.54) is 12.1 Å². The summed E-state index contributed by atoms with van der Waals surface area (Å²) in [4.78, 5) is 4.77. The van der Waals surface area contributed by atoms with Gasteiger partial charge in [-0.25, -0.2) is 8.42 Å². The summed E-state index contributed by atoms with van der Waals surface area (Å²) in [6, 6.07) is 5.78. The standard InChI is InChI=1S/C7H8O3S.C4H10N2O/c1-6-2-4-7(5-3-6)11(8,9)10;1-2-6-3-4-7-5-6/h2-5H,1H3,(H,8,9,10);5H,2-4H2,1H3. The lowest BCUT2D eigenvalue weighted by Gasteiger charge is -2.05. The Labute approximate surface area is 107 Å². The van der Waals surface area contributed by atoms with E-state index in [1.54, 1.807) is 17.7 Å². The summed E-state index contributed by atoms with van der Waals surface area (Å²) in [6.45, 7) is 6.94. The second-order valence-electron chi connectivity index (χ2n) is 3.87. The fraction of sp³-hybridized carbons (Fsp3) is 0.455.